The second-order valence-electron chi connectivity index (χ2n) is 8.15. The van der Waals surface area contributed by atoms with Crippen LogP contribution in [-0.2, 0) is 11.3 Å². The molecule has 5 aromatic rings. The molecule has 1 aromatic heterocycles. The fourth-order valence-electron chi connectivity index (χ4n) is 4.11. The van der Waals surface area contributed by atoms with Gasteiger partial charge in [-0.25, -0.2) is 4.98 Å². The van der Waals surface area contributed by atoms with E-state index in [9.17, 15) is 4.79 Å². The van der Waals surface area contributed by atoms with Gasteiger partial charge in [0.25, 0.3) is 0 Å². The molecule has 0 radical (unpaired) electrons. The Bertz CT molecular complexity index is 1350. The summed E-state index contributed by atoms with van der Waals surface area (Å²) in [6, 6.07) is 36.7. The van der Waals surface area contributed by atoms with Crippen molar-refractivity contribution in [3.8, 4) is 0 Å². The summed E-state index contributed by atoms with van der Waals surface area (Å²) in [5.74, 6) is 0.0244. The highest BCUT2D eigenvalue weighted by Crippen LogP contribution is 2.34. The predicted octanol–water partition coefficient (Wildman–Crippen LogP) is 7.81. The van der Waals surface area contributed by atoms with E-state index in [1.54, 1.807) is 11.3 Å². The van der Waals surface area contributed by atoms with E-state index < -0.39 is 0 Å². The first-order chi connectivity index (χ1) is 16.7. The van der Waals surface area contributed by atoms with Gasteiger partial charge in [0, 0.05) is 16.8 Å². The molecule has 1 amide bonds. The second kappa shape index (κ2) is 10.3. The Labute approximate surface area is 211 Å². The lowest BCUT2D eigenvalue weighted by Crippen LogP contribution is -2.31. The highest BCUT2D eigenvalue weighted by Gasteiger charge is 2.25. The van der Waals surface area contributed by atoms with E-state index in [-0.39, 0.29) is 11.8 Å². The fraction of sp³-hybridized carbons (Fsp3) is 0.103. The molecule has 4 aromatic carbocycles. The van der Waals surface area contributed by atoms with Gasteiger partial charge < -0.3 is 0 Å². The van der Waals surface area contributed by atoms with E-state index in [1.165, 1.54) is 0 Å². The number of carbonyl (C=O) groups excluding carboxylic acids is 1. The molecule has 0 saturated heterocycles. The van der Waals surface area contributed by atoms with Gasteiger partial charge in [0.1, 0.15) is 0 Å². The van der Waals surface area contributed by atoms with E-state index in [0.717, 1.165) is 36.5 Å². The minimum atomic E-state index is -0.0308. The number of hydrogen-bond acceptors (Lipinski definition) is 3. The quantitative estimate of drug-likeness (QED) is 0.216. The molecular formula is C29H23BrN2OS. The number of fused-ring (bicyclic) bond motifs is 1. The van der Waals surface area contributed by atoms with Crippen molar-refractivity contribution in [3.63, 3.8) is 0 Å². The molecule has 3 nitrogen and oxygen atoms in total. The van der Waals surface area contributed by atoms with Gasteiger partial charge in [0.2, 0.25) is 5.91 Å². The van der Waals surface area contributed by atoms with Crippen molar-refractivity contribution in [1.29, 1.82) is 0 Å². The highest BCUT2D eigenvalue weighted by atomic mass is 79.9. The zero-order valence-corrected chi connectivity index (χ0v) is 20.9. The van der Waals surface area contributed by atoms with Crippen LogP contribution < -0.4 is 4.90 Å². The molecule has 0 atom stereocenters. The Kier molecular flexibility index (Phi) is 6.84. The summed E-state index contributed by atoms with van der Waals surface area (Å²) in [5.41, 5.74) is 4.24. The van der Waals surface area contributed by atoms with Crippen LogP contribution in [0.5, 0.6) is 0 Å². The van der Waals surface area contributed by atoms with Crippen LogP contribution in [0, 0.1) is 0 Å². The molecule has 0 aliphatic heterocycles. The molecule has 34 heavy (non-hydrogen) atoms. The number of rotatable bonds is 7. The summed E-state index contributed by atoms with van der Waals surface area (Å²) in [6.07, 6.45) is 0.362. The van der Waals surface area contributed by atoms with Crippen LogP contribution in [0.25, 0.3) is 10.2 Å². The van der Waals surface area contributed by atoms with Crippen LogP contribution in [0.1, 0.15) is 29.0 Å². The van der Waals surface area contributed by atoms with Crippen LogP contribution in [0.2, 0.25) is 0 Å². The van der Waals surface area contributed by atoms with E-state index >= 15 is 0 Å². The van der Waals surface area contributed by atoms with E-state index in [2.05, 4.69) is 58.4 Å². The number of carbonyl (C=O) groups is 1. The van der Waals surface area contributed by atoms with Crippen molar-refractivity contribution < 1.29 is 4.79 Å². The monoisotopic (exact) mass is 526 g/mol. The molecule has 0 aliphatic rings. The molecule has 0 saturated carbocycles. The van der Waals surface area contributed by atoms with Crippen molar-refractivity contribution in [1.82, 2.24) is 4.98 Å². The van der Waals surface area contributed by atoms with Crippen molar-refractivity contribution in [2.24, 2.45) is 0 Å². The summed E-state index contributed by atoms with van der Waals surface area (Å²) in [7, 11) is 0. The van der Waals surface area contributed by atoms with Crippen molar-refractivity contribution >= 4 is 48.5 Å². The van der Waals surface area contributed by atoms with E-state index in [1.807, 2.05) is 71.6 Å². The molecule has 0 bridgehead atoms. The predicted molar refractivity (Wildman–Crippen MR) is 144 cm³/mol. The lowest BCUT2D eigenvalue weighted by atomic mass is 9.88. The Morgan fingerprint density at radius 1 is 0.824 bits per heavy atom. The number of aromatic nitrogens is 1. The molecule has 0 unspecified atom stereocenters. The largest absolute Gasteiger partial charge is 0.284 e. The van der Waals surface area contributed by atoms with Crippen LogP contribution in [0.3, 0.4) is 0 Å². The summed E-state index contributed by atoms with van der Waals surface area (Å²) in [4.78, 5) is 20.6. The standard InChI is InChI=1S/C29H23BrN2OS/c30-24-16-17-26-27(18-24)34-29(31-26)32(20-21-10-4-1-5-11-21)28(33)19-25(22-12-6-2-7-13-22)23-14-8-3-9-15-23/h1-18,25H,19-20H2. The topological polar surface area (TPSA) is 33.2 Å². The third-order valence-corrected chi connectivity index (χ3v) is 7.37. The highest BCUT2D eigenvalue weighted by molar-refractivity contribution is 9.10. The smallest absolute Gasteiger partial charge is 0.230 e. The van der Waals surface area contributed by atoms with Crippen molar-refractivity contribution in [2.45, 2.75) is 18.9 Å². The molecule has 0 fully saturated rings. The van der Waals surface area contributed by atoms with Crippen LogP contribution >= 0.6 is 27.3 Å². The summed E-state index contributed by atoms with van der Waals surface area (Å²) in [6.45, 7) is 0.483. The second-order valence-corrected chi connectivity index (χ2v) is 10.1. The average molecular weight is 527 g/mol. The van der Waals surface area contributed by atoms with E-state index in [4.69, 9.17) is 4.98 Å². The SMILES string of the molecule is O=C(CC(c1ccccc1)c1ccccc1)N(Cc1ccccc1)c1nc2ccc(Br)cc2s1. The maximum absolute atomic E-state index is 13.9. The number of anilines is 1. The first kappa shape index (κ1) is 22.5. The van der Waals surface area contributed by atoms with Gasteiger partial charge in [0.15, 0.2) is 5.13 Å². The zero-order valence-electron chi connectivity index (χ0n) is 18.5. The van der Waals surface area contributed by atoms with Gasteiger partial charge in [-0.1, -0.05) is 118 Å². The molecule has 1 heterocycles. The van der Waals surface area contributed by atoms with Crippen LogP contribution in [-0.4, -0.2) is 10.9 Å². The summed E-state index contributed by atoms with van der Waals surface area (Å²) < 4.78 is 2.06. The molecule has 5 heteroatoms. The number of benzene rings is 4. The maximum Gasteiger partial charge on any atom is 0.230 e. The first-order valence-electron chi connectivity index (χ1n) is 11.2. The Hall–Kier alpha value is -3.28. The summed E-state index contributed by atoms with van der Waals surface area (Å²) in [5, 5.41) is 0.724. The van der Waals surface area contributed by atoms with Crippen molar-refractivity contribution in [2.75, 3.05) is 4.90 Å². The number of amides is 1. The van der Waals surface area contributed by atoms with Gasteiger partial charge in [0.05, 0.1) is 16.8 Å². The molecule has 0 aliphatic carbocycles. The Balaban J connectivity index is 1.52. The molecule has 0 N–H and O–H groups in total. The van der Waals surface area contributed by atoms with Gasteiger partial charge >= 0.3 is 0 Å². The minimum absolute atomic E-state index is 0.0308. The normalized spacial score (nSPS) is 11.1. The van der Waals surface area contributed by atoms with Crippen LogP contribution in [0.15, 0.2) is 114 Å². The number of thiazole rings is 1. The van der Waals surface area contributed by atoms with E-state index in [0.29, 0.717) is 13.0 Å². The third-order valence-electron chi connectivity index (χ3n) is 5.84. The zero-order chi connectivity index (χ0) is 23.3. The van der Waals surface area contributed by atoms with Crippen molar-refractivity contribution in [3.05, 3.63) is 130 Å². The fourth-order valence-corrected chi connectivity index (χ4v) is 5.65. The third kappa shape index (κ3) is 5.11. The Morgan fingerprint density at radius 2 is 1.41 bits per heavy atom. The lowest BCUT2D eigenvalue weighted by molar-refractivity contribution is -0.119. The van der Waals surface area contributed by atoms with Gasteiger partial charge in [-0.05, 0) is 34.9 Å². The maximum atomic E-state index is 13.9. The lowest BCUT2D eigenvalue weighted by Gasteiger charge is -2.24. The van der Waals surface area contributed by atoms with Gasteiger partial charge in [-0.3, -0.25) is 9.69 Å². The molecule has 168 valence electrons. The number of hydrogen-bond donors (Lipinski definition) is 0. The summed E-state index contributed by atoms with van der Waals surface area (Å²) >= 11 is 5.09. The average Bonchev–Trinajstić information content (AvgIpc) is 3.30. The number of halogens is 1. The molecule has 0 spiro atoms. The number of nitrogens with zero attached hydrogens (tertiary/aromatic N) is 2. The van der Waals surface area contributed by atoms with Gasteiger partial charge in [-0.15, -0.1) is 0 Å². The Morgan fingerprint density at radius 3 is 2.03 bits per heavy atom. The van der Waals surface area contributed by atoms with Gasteiger partial charge in [-0.2, -0.15) is 0 Å². The molecular weight excluding hydrogens is 504 g/mol. The first-order valence-corrected chi connectivity index (χ1v) is 12.8. The van der Waals surface area contributed by atoms with Crippen LogP contribution in [0.4, 0.5) is 5.13 Å². The molecule has 5 rings (SSSR count). The minimum Gasteiger partial charge on any atom is -0.284 e.